The van der Waals surface area contributed by atoms with Crippen LogP contribution in [-0.2, 0) is 6.54 Å². The molecule has 126 valence electrons. The van der Waals surface area contributed by atoms with E-state index >= 15 is 0 Å². The Labute approximate surface area is 141 Å². The van der Waals surface area contributed by atoms with Crippen molar-refractivity contribution in [2.75, 3.05) is 13.2 Å². The molecule has 2 aromatic heterocycles. The molecule has 2 fully saturated rings. The topological polar surface area (TPSA) is 60.2 Å². The van der Waals surface area contributed by atoms with Crippen LogP contribution in [0.4, 0.5) is 0 Å². The number of ether oxygens (including phenoxy) is 1. The Morgan fingerprint density at radius 2 is 2.21 bits per heavy atom. The van der Waals surface area contributed by atoms with Crippen molar-refractivity contribution in [1.82, 2.24) is 19.7 Å². The van der Waals surface area contributed by atoms with Gasteiger partial charge < -0.3 is 9.64 Å². The van der Waals surface area contributed by atoms with Crippen LogP contribution >= 0.6 is 0 Å². The van der Waals surface area contributed by atoms with Gasteiger partial charge >= 0.3 is 0 Å². The molecule has 0 radical (unpaired) electrons. The summed E-state index contributed by atoms with van der Waals surface area (Å²) >= 11 is 0. The number of carbonyl (C=O) groups excluding carboxylic acids is 1. The third kappa shape index (κ3) is 3.42. The molecule has 0 aromatic carbocycles. The molecule has 6 nitrogen and oxygen atoms in total. The first-order valence-corrected chi connectivity index (χ1v) is 8.67. The van der Waals surface area contributed by atoms with Crippen molar-refractivity contribution < 1.29 is 9.53 Å². The Hall–Kier alpha value is -2.37. The van der Waals surface area contributed by atoms with E-state index in [1.807, 2.05) is 27.9 Å². The highest BCUT2D eigenvalue weighted by Gasteiger charge is 2.30. The van der Waals surface area contributed by atoms with Crippen LogP contribution in [0.1, 0.15) is 36.0 Å². The Bertz CT molecular complexity index is 680. The minimum atomic E-state index is 0.0471. The molecule has 1 saturated carbocycles. The predicted molar refractivity (Wildman–Crippen MR) is 88.7 cm³/mol. The number of pyridine rings is 1. The van der Waals surface area contributed by atoms with Gasteiger partial charge in [0.2, 0.25) is 5.88 Å². The van der Waals surface area contributed by atoms with Crippen molar-refractivity contribution in [2.45, 2.75) is 38.3 Å². The SMILES string of the molecule is O=C(c1ccc(OCC2CC2)nc1)N1CCCC1Cn1cccn1. The third-order valence-electron chi connectivity index (χ3n) is 4.74. The monoisotopic (exact) mass is 326 g/mol. The predicted octanol–water partition coefficient (Wildman–Crippen LogP) is 2.37. The molecule has 3 heterocycles. The summed E-state index contributed by atoms with van der Waals surface area (Å²) in [4.78, 5) is 19.0. The summed E-state index contributed by atoms with van der Waals surface area (Å²) in [5.41, 5.74) is 0.626. The number of amides is 1. The molecule has 1 aliphatic carbocycles. The third-order valence-corrected chi connectivity index (χ3v) is 4.74. The normalized spacial score (nSPS) is 20.3. The molecular weight excluding hydrogens is 304 g/mol. The fraction of sp³-hybridized carbons (Fsp3) is 0.500. The number of carbonyl (C=O) groups is 1. The molecule has 1 saturated heterocycles. The Morgan fingerprint density at radius 1 is 1.29 bits per heavy atom. The maximum Gasteiger partial charge on any atom is 0.255 e. The lowest BCUT2D eigenvalue weighted by Crippen LogP contribution is -2.38. The molecule has 0 spiro atoms. The van der Waals surface area contributed by atoms with Crippen LogP contribution in [0.3, 0.4) is 0 Å². The van der Waals surface area contributed by atoms with E-state index in [1.54, 1.807) is 18.5 Å². The first-order chi connectivity index (χ1) is 11.8. The van der Waals surface area contributed by atoms with Gasteiger partial charge in [-0.2, -0.15) is 5.10 Å². The zero-order valence-corrected chi connectivity index (χ0v) is 13.7. The first kappa shape index (κ1) is 15.2. The van der Waals surface area contributed by atoms with E-state index in [0.29, 0.717) is 17.4 Å². The first-order valence-electron chi connectivity index (χ1n) is 8.67. The van der Waals surface area contributed by atoms with Crippen LogP contribution < -0.4 is 4.74 Å². The summed E-state index contributed by atoms with van der Waals surface area (Å²) in [6.07, 6.45) is 9.90. The summed E-state index contributed by atoms with van der Waals surface area (Å²) in [6, 6.07) is 5.73. The van der Waals surface area contributed by atoms with Gasteiger partial charge in [-0.1, -0.05) is 0 Å². The summed E-state index contributed by atoms with van der Waals surface area (Å²) in [5, 5.41) is 4.25. The fourth-order valence-electron chi connectivity index (χ4n) is 3.16. The Kier molecular flexibility index (Phi) is 4.19. The maximum atomic E-state index is 12.8. The van der Waals surface area contributed by atoms with E-state index in [4.69, 9.17) is 4.74 Å². The lowest BCUT2D eigenvalue weighted by atomic mass is 10.2. The van der Waals surface area contributed by atoms with Gasteiger partial charge in [0.25, 0.3) is 5.91 Å². The molecule has 1 amide bonds. The minimum absolute atomic E-state index is 0.0471. The second-order valence-corrected chi connectivity index (χ2v) is 6.66. The zero-order valence-electron chi connectivity index (χ0n) is 13.7. The summed E-state index contributed by atoms with van der Waals surface area (Å²) in [6.45, 7) is 2.28. The summed E-state index contributed by atoms with van der Waals surface area (Å²) in [5.74, 6) is 1.35. The fourth-order valence-corrected chi connectivity index (χ4v) is 3.16. The van der Waals surface area contributed by atoms with Crippen LogP contribution in [0.15, 0.2) is 36.8 Å². The van der Waals surface area contributed by atoms with E-state index < -0.39 is 0 Å². The van der Waals surface area contributed by atoms with Gasteiger partial charge in [-0.3, -0.25) is 9.48 Å². The van der Waals surface area contributed by atoms with Gasteiger partial charge in [0.15, 0.2) is 0 Å². The molecule has 4 rings (SSSR count). The smallest absolute Gasteiger partial charge is 0.255 e. The molecular formula is C18H22N4O2. The number of hydrogen-bond acceptors (Lipinski definition) is 4. The molecule has 2 aliphatic rings. The quantitative estimate of drug-likeness (QED) is 0.818. The van der Waals surface area contributed by atoms with E-state index in [2.05, 4.69) is 10.1 Å². The van der Waals surface area contributed by atoms with E-state index in [0.717, 1.165) is 32.5 Å². The van der Waals surface area contributed by atoms with Gasteiger partial charge in [0.05, 0.1) is 24.8 Å². The highest BCUT2D eigenvalue weighted by molar-refractivity contribution is 5.94. The molecule has 24 heavy (non-hydrogen) atoms. The largest absolute Gasteiger partial charge is 0.477 e. The lowest BCUT2D eigenvalue weighted by molar-refractivity contribution is 0.0721. The van der Waals surface area contributed by atoms with Crippen molar-refractivity contribution in [1.29, 1.82) is 0 Å². The average molecular weight is 326 g/mol. The number of hydrogen-bond donors (Lipinski definition) is 0. The van der Waals surface area contributed by atoms with Crippen molar-refractivity contribution in [3.05, 3.63) is 42.4 Å². The highest BCUT2D eigenvalue weighted by Crippen LogP contribution is 2.29. The molecule has 1 atom stereocenters. The number of aromatic nitrogens is 3. The van der Waals surface area contributed by atoms with Crippen molar-refractivity contribution in [2.24, 2.45) is 5.92 Å². The van der Waals surface area contributed by atoms with Crippen molar-refractivity contribution in [3.63, 3.8) is 0 Å². The van der Waals surface area contributed by atoms with E-state index in [1.165, 1.54) is 12.8 Å². The van der Waals surface area contributed by atoms with Gasteiger partial charge in [-0.25, -0.2) is 4.98 Å². The van der Waals surface area contributed by atoms with E-state index in [-0.39, 0.29) is 11.9 Å². The standard InChI is InChI=1S/C18H22N4O2/c23-18(15-6-7-17(19-11-15)24-13-14-4-5-14)22-10-1-3-16(22)12-21-9-2-8-20-21/h2,6-9,11,14,16H,1,3-5,10,12-13H2. The van der Waals surface area contributed by atoms with Crippen LogP contribution in [0.5, 0.6) is 5.88 Å². The van der Waals surface area contributed by atoms with Crippen LogP contribution in [-0.4, -0.2) is 44.8 Å². The molecule has 6 heteroatoms. The number of nitrogens with zero attached hydrogens (tertiary/aromatic N) is 4. The minimum Gasteiger partial charge on any atom is -0.477 e. The Balaban J connectivity index is 1.39. The molecule has 0 bridgehead atoms. The van der Waals surface area contributed by atoms with Crippen molar-refractivity contribution >= 4 is 5.91 Å². The molecule has 1 aliphatic heterocycles. The van der Waals surface area contributed by atoms with Crippen LogP contribution in [0.2, 0.25) is 0 Å². The number of rotatable bonds is 6. The lowest BCUT2D eigenvalue weighted by Gasteiger charge is -2.24. The van der Waals surface area contributed by atoms with Gasteiger partial charge in [0.1, 0.15) is 0 Å². The highest BCUT2D eigenvalue weighted by atomic mass is 16.5. The molecule has 0 N–H and O–H groups in total. The molecule has 2 aromatic rings. The summed E-state index contributed by atoms with van der Waals surface area (Å²) in [7, 11) is 0. The second kappa shape index (κ2) is 6.63. The zero-order chi connectivity index (χ0) is 16.4. The van der Waals surface area contributed by atoms with Gasteiger partial charge in [-0.15, -0.1) is 0 Å². The van der Waals surface area contributed by atoms with Crippen LogP contribution in [0.25, 0.3) is 0 Å². The number of likely N-dealkylation sites (tertiary alicyclic amines) is 1. The average Bonchev–Trinajstić information content (AvgIpc) is 3.08. The Morgan fingerprint density at radius 3 is 2.92 bits per heavy atom. The summed E-state index contributed by atoms with van der Waals surface area (Å²) < 4.78 is 7.53. The van der Waals surface area contributed by atoms with Gasteiger partial charge in [-0.05, 0) is 43.7 Å². The van der Waals surface area contributed by atoms with E-state index in [9.17, 15) is 4.79 Å². The van der Waals surface area contributed by atoms with Gasteiger partial charge in [0, 0.05) is 31.2 Å². The second-order valence-electron chi connectivity index (χ2n) is 6.66. The van der Waals surface area contributed by atoms with Crippen LogP contribution in [0, 0.1) is 5.92 Å². The maximum absolute atomic E-state index is 12.8. The molecule has 1 unspecified atom stereocenters. The van der Waals surface area contributed by atoms with Crippen molar-refractivity contribution in [3.8, 4) is 5.88 Å².